The maximum Gasteiger partial charge on any atom is 0.251 e. The maximum absolute atomic E-state index is 13.2. The number of fused-ring (bicyclic) bond motifs is 2. The number of piperidine rings is 1. The molecule has 3 atom stereocenters. The van der Waals surface area contributed by atoms with E-state index in [4.69, 9.17) is 5.73 Å². The van der Waals surface area contributed by atoms with Crippen molar-refractivity contribution in [1.82, 2.24) is 15.6 Å². The number of primary amides is 1. The number of hydrogen-bond acceptors (Lipinski definition) is 7. The molecule has 5 rings (SSSR count). The Kier molecular flexibility index (Phi) is 6.91. The third kappa shape index (κ3) is 5.06. The molecule has 1 aromatic carbocycles. The van der Waals surface area contributed by atoms with E-state index in [1.807, 2.05) is 12.1 Å². The second-order valence-electron chi connectivity index (χ2n) is 10.3. The van der Waals surface area contributed by atoms with Crippen LogP contribution in [0.15, 0.2) is 36.5 Å². The normalized spacial score (nSPS) is 25.0. The van der Waals surface area contributed by atoms with Crippen LogP contribution in [-0.2, 0) is 0 Å². The largest absolute Gasteiger partial charge is 0.384 e. The summed E-state index contributed by atoms with van der Waals surface area (Å²) in [6.45, 7) is 4.21. The number of amides is 2. The van der Waals surface area contributed by atoms with E-state index in [2.05, 4.69) is 25.8 Å². The van der Waals surface area contributed by atoms with Crippen LogP contribution in [0.25, 0.3) is 0 Å². The summed E-state index contributed by atoms with van der Waals surface area (Å²) in [6.07, 6.45) is 6.54. The number of benzene rings is 1. The number of ketones is 1. The molecule has 4 heterocycles. The minimum atomic E-state index is -0.511. The van der Waals surface area contributed by atoms with Crippen molar-refractivity contribution in [3.05, 3.63) is 53.2 Å². The van der Waals surface area contributed by atoms with Crippen LogP contribution < -0.4 is 26.6 Å². The predicted octanol–water partition coefficient (Wildman–Crippen LogP) is 2.33. The van der Waals surface area contributed by atoms with Crippen molar-refractivity contribution in [3.63, 3.8) is 0 Å². The first-order valence-corrected chi connectivity index (χ1v) is 12.8. The van der Waals surface area contributed by atoms with Crippen LogP contribution in [0, 0.1) is 5.92 Å². The Bertz CT molecular complexity index is 1130. The standard InChI is InChI=1S/C27H34N6O3/c1-16(34)19-3-7-25(31-15-19)33-21-4-5-22(33)12-20(11-21)32-27(36)18-2-6-23(26(28)35)24(10-18)30-14-17-8-9-29-13-17/h2-3,6-7,10,15,17,20-22,29-30H,4-5,8-9,11-14H2,1H3,(H2,28,35)(H,32,36). The van der Waals surface area contributed by atoms with Gasteiger partial charge in [0.2, 0.25) is 0 Å². The molecule has 9 heteroatoms. The molecule has 2 amide bonds. The third-order valence-corrected chi connectivity index (χ3v) is 7.78. The Balaban J connectivity index is 1.24. The average molecular weight is 491 g/mol. The molecule has 9 nitrogen and oxygen atoms in total. The van der Waals surface area contributed by atoms with E-state index in [-0.39, 0.29) is 17.7 Å². The SMILES string of the molecule is CC(=O)c1ccc(N2C3CCC2CC(NC(=O)c2ccc(C(N)=O)c(NCC4CCNC4)c2)C3)nc1. The van der Waals surface area contributed by atoms with Gasteiger partial charge in [-0.1, -0.05) is 0 Å². The number of nitrogens with two attached hydrogens (primary N) is 1. The number of aromatic nitrogens is 1. The molecule has 0 spiro atoms. The summed E-state index contributed by atoms with van der Waals surface area (Å²) in [7, 11) is 0. The number of carbonyl (C=O) groups is 3. The number of nitrogens with one attached hydrogen (secondary N) is 3. The molecule has 3 saturated heterocycles. The van der Waals surface area contributed by atoms with Crippen LogP contribution in [0.4, 0.5) is 11.5 Å². The van der Waals surface area contributed by atoms with E-state index in [0.717, 1.165) is 57.6 Å². The van der Waals surface area contributed by atoms with Crippen LogP contribution in [0.3, 0.4) is 0 Å². The van der Waals surface area contributed by atoms with Gasteiger partial charge in [-0.3, -0.25) is 14.4 Å². The van der Waals surface area contributed by atoms with Crippen LogP contribution >= 0.6 is 0 Å². The number of Topliss-reactive ketones (excluding diaryl/α,β-unsaturated/α-hetero) is 1. The van der Waals surface area contributed by atoms with Crippen LogP contribution in [-0.4, -0.2) is 60.3 Å². The van der Waals surface area contributed by atoms with Gasteiger partial charge in [0.25, 0.3) is 11.8 Å². The monoisotopic (exact) mass is 490 g/mol. The number of carbonyl (C=O) groups excluding carboxylic acids is 3. The number of anilines is 2. The number of nitrogens with zero attached hydrogens (tertiary/aromatic N) is 2. The molecule has 3 aliphatic heterocycles. The first-order chi connectivity index (χ1) is 17.4. The van der Waals surface area contributed by atoms with Crippen molar-refractivity contribution < 1.29 is 14.4 Å². The van der Waals surface area contributed by atoms with E-state index < -0.39 is 5.91 Å². The van der Waals surface area contributed by atoms with E-state index in [9.17, 15) is 14.4 Å². The van der Waals surface area contributed by atoms with Crippen LogP contribution in [0.5, 0.6) is 0 Å². The molecule has 1 aromatic heterocycles. The smallest absolute Gasteiger partial charge is 0.251 e. The van der Waals surface area contributed by atoms with Crippen LogP contribution in [0.1, 0.15) is 70.1 Å². The molecule has 3 aliphatic rings. The van der Waals surface area contributed by atoms with Crippen molar-refractivity contribution in [2.45, 2.75) is 57.2 Å². The minimum Gasteiger partial charge on any atom is -0.384 e. The lowest BCUT2D eigenvalue weighted by Crippen LogP contribution is -2.50. The highest BCUT2D eigenvalue weighted by molar-refractivity contribution is 6.02. The molecule has 190 valence electrons. The summed E-state index contributed by atoms with van der Waals surface area (Å²) in [5.41, 5.74) is 7.71. The summed E-state index contributed by atoms with van der Waals surface area (Å²) < 4.78 is 0. The van der Waals surface area contributed by atoms with Gasteiger partial charge < -0.3 is 26.6 Å². The highest BCUT2D eigenvalue weighted by atomic mass is 16.2. The highest BCUT2D eigenvalue weighted by Gasteiger charge is 2.41. The van der Waals surface area contributed by atoms with Gasteiger partial charge in [0.05, 0.1) is 5.56 Å². The number of rotatable bonds is 8. The lowest BCUT2D eigenvalue weighted by molar-refractivity contribution is 0.0924. The molecule has 2 aromatic rings. The lowest BCUT2D eigenvalue weighted by Gasteiger charge is -2.40. The van der Waals surface area contributed by atoms with Gasteiger partial charge >= 0.3 is 0 Å². The van der Waals surface area contributed by atoms with Gasteiger partial charge in [-0.15, -0.1) is 0 Å². The van der Waals surface area contributed by atoms with Crippen molar-refractivity contribution in [2.75, 3.05) is 29.9 Å². The fourth-order valence-corrected chi connectivity index (χ4v) is 5.87. The van der Waals surface area contributed by atoms with Gasteiger partial charge in [-0.2, -0.15) is 0 Å². The van der Waals surface area contributed by atoms with Crippen molar-refractivity contribution >= 4 is 29.1 Å². The Morgan fingerprint density at radius 1 is 1.08 bits per heavy atom. The number of pyridine rings is 1. The summed E-state index contributed by atoms with van der Waals surface area (Å²) in [6, 6.07) is 9.48. The summed E-state index contributed by atoms with van der Waals surface area (Å²) in [4.78, 5) is 43.6. The second-order valence-corrected chi connectivity index (χ2v) is 10.3. The topological polar surface area (TPSA) is 129 Å². The molecule has 0 saturated carbocycles. The zero-order chi connectivity index (χ0) is 25.2. The highest BCUT2D eigenvalue weighted by Crippen LogP contribution is 2.38. The Hall–Kier alpha value is -3.46. The molecular weight excluding hydrogens is 456 g/mol. The Labute approximate surface area is 211 Å². The lowest BCUT2D eigenvalue weighted by atomic mass is 9.96. The molecule has 36 heavy (non-hydrogen) atoms. The van der Waals surface area contributed by atoms with Crippen LogP contribution in [0.2, 0.25) is 0 Å². The van der Waals surface area contributed by atoms with Gasteiger partial charge in [-0.05, 0) is 88.4 Å². The maximum atomic E-state index is 13.2. The summed E-state index contributed by atoms with van der Waals surface area (Å²) >= 11 is 0. The second kappa shape index (κ2) is 10.3. The van der Waals surface area contributed by atoms with Gasteiger partial charge in [0.15, 0.2) is 5.78 Å². The fraction of sp³-hybridized carbons (Fsp3) is 0.481. The van der Waals surface area contributed by atoms with E-state index in [0.29, 0.717) is 40.4 Å². The van der Waals surface area contributed by atoms with E-state index in [1.54, 1.807) is 31.3 Å². The van der Waals surface area contributed by atoms with Gasteiger partial charge in [0.1, 0.15) is 5.82 Å². The van der Waals surface area contributed by atoms with Crippen molar-refractivity contribution in [1.29, 1.82) is 0 Å². The summed E-state index contributed by atoms with van der Waals surface area (Å²) in [5.74, 6) is 0.738. The Morgan fingerprint density at radius 3 is 2.44 bits per heavy atom. The average Bonchev–Trinajstić information content (AvgIpc) is 3.48. The third-order valence-electron chi connectivity index (χ3n) is 7.78. The Morgan fingerprint density at radius 2 is 1.83 bits per heavy atom. The van der Waals surface area contributed by atoms with Crippen molar-refractivity contribution in [3.8, 4) is 0 Å². The zero-order valence-electron chi connectivity index (χ0n) is 20.6. The fourth-order valence-electron chi connectivity index (χ4n) is 5.87. The first-order valence-electron chi connectivity index (χ1n) is 12.8. The molecule has 0 aliphatic carbocycles. The molecule has 3 fully saturated rings. The molecule has 0 radical (unpaired) electrons. The van der Waals surface area contributed by atoms with Gasteiger partial charge in [0, 0.05) is 47.7 Å². The van der Waals surface area contributed by atoms with Gasteiger partial charge in [-0.25, -0.2) is 4.98 Å². The molecule has 3 unspecified atom stereocenters. The first kappa shape index (κ1) is 24.2. The predicted molar refractivity (Wildman–Crippen MR) is 138 cm³/mol. The van der Waals surface area contributed by atoms with E-state index in [1.165, 1.54) is 0 Å². The molecule has 2 bridgehead atoms. The van der Waals surface area contributed by atoms with Crippen molar-refractivity contribution in [2.24, 2.45) is 11.7 Å². The summed E-state index contributed by atoms with van der Waals surface area (Å²) in [5, 5.41) is 9.90. The quantitative estimate of drug-likeness (QED) is 0.418. The van der Waals surface area contributed by atoms with E-state index >= 15 is 0 Å². The molecule has 5 N–H and O–H groups in total. The number of hydrogen-bond donors (Lipinski definition) is 4. The minimum absolute atomic E-state index is 0.0104. The molecular formula is C27H34N6O3. The zero-order valence-corrected chi connectivity index (χ0v) is 20.6.